The van der Waals surface area contributed by atoms with E-state index in [0.29, 0.717) is 11.1 Å². The van der Waals surface area contributed by atoms with Gasteiger partial charge in [-0.3, -0.25) is 0 Å². The number of carbonyl (C=O) groups excluding carboxylic acids is 2. The number of methoxy groups -OCH3 is 2. The Labute approximate surface area is 150 Å². The Kier molecular flexibility index (Phi) is 4.75. The lowest BCUT2D eigenvalue weighted by Gasteiger charge is -2.25. The molecule has 6 heteroatoms. The van der Waals surface area contributed by atoms with Crippen LogP contribution in [-0.4, -0.2) is 31.3 Å². The van der Waals surface area contributed by atoms with E-state index in [1.165, 1.54) is 31.3 Å². The lowest BCUT2D eigenvalue weighted by Crippen LogP contribution is -2.27. The molecule has 0 unspecified atom stereocenters. The summed E-state index contributed by atoms with van der Waals surface area (Å²) in [6.07, 6.45) is 6.31. The largest absolute Gasteiger partial charge is 0.506 e. The molecule has 6 nitrogen and oxygen atoms in total. The minimum absolute atomic E-state index is 0.0247. The van der Waals surface area contributed by atoms with Gasteiger partial charge in [-0.15, -0.1) is 0 Å². The van der Waals surface area contributed by atoms with E-state index in [4.69, 9.17) is 9.47 Å². The number of nitrogens with zero attached hydrogens (tertiary/aromatic N) is 1. The van der Waals surface area contributed by atoms with Gasteiger partial charge in [0, 0.05) is 11.6 Å². The van der Waals surface area contributed by atoms with Crippen molar-refractivity contribution in [1.29, 1.82) is 0 Å². The molecule has 132 valence electrons. The molecule has 2 aromatic rings. The molecule has 0 saturated carbocycles. The molecular formula is C20H17NO5. The summed E-state index contributed by atoms with van der Waals surface area (Å²) in [6, 6.07) is 10.7. The number of carbonyl (C=O) groups is 2. The van der Waals surface area contributed by atoms with Crippen LogP contribution in [-0.2, 0) is 19.1 Å². The molecule has 2 aromatic carbocycles. The zero-order chi connectivity index (χ0) is 18.7. The highest BCUT2D eigenvalue weighted by molar-refractivity contribution is 6.08. The first-order chi connectivity index (χ1) is 12.6. The monoisotopic (exact) mass is 351 g/mol. The lowest BCUT2D eigenvalue weighted by atomic mass is 10.1. The van der Waals surface area contributed by atoms with Crippen molar-refractivity contribution in [2.24, 2.45) is 0 Å². The normalized spacial score (nSPS) is 13.7. The maximum atomic E-state index is 12.5. The van der Waals surface area contributed by atoms with Crippen LogP contribution >= 0.6 is 0 Å². The summed E-state index contributed by atoms with van der Waals surface area (Å²) in [7, 11) is 2.46. The fourth-order valence-corrected chi connectivity index (χ4v) is 2.83. The fourth-order valence-electron chi connectivity index (χ4n) is 2.83. The second-order valence-corrected chi connectivity index (χ2v) is 5.47. The lowest BCUT2D eigenvalue weighted by molar-refractivity contribution is -0.139. The van der Waals surface area contributed by atoms with Gasteiger partial charge < -0.3 is 19.5 Å². The molecule has 0 amide bonds. The third-order valence-corrected chi connectivity index (χ3v) is 4.01. The number of esters is 2. The third-order valence-electron chi connectivity index (χ3n) is 4.01. The molecule has 0 aromatic heterocycles. The van der Waals surface area contributed by atoms with Crippen LogP contribution < -0.4 is 4.90 Å². The Morgan fingerprint density at radius 1 is 0.962 bits per heavy atom. The number of hydrogen-bond donors (Lipinski definition) is 1. The van der Waals surface area contributed by atoms with Gasteiger partial charge in [0.05, 0.1) is 25.5 Å². The van der Waals surface area contributed by atoms with Gasteiger partial charge >= 0.3 is 11.9 Å². The van der Waals surface area contributed by atoms with Crippen molar-refractivity contribution < 1.29 is 24.2 Å². The first kappa shape index (κ1) is 17.3. The van der Waals surface area contributed by atoms with Crippen molar-refractivity contribution in [3.63, 3.8) is 0 Å². The van der Waals surface area contributed by atoms with Crippen molar-refractivity contribution >= 4 is 28.4 Å². The topological polar surface area (TPSA) is 76.1 Å². The molecule has 26 heavy (non-hydrogen) atoms. The van der Waals surface area contributed by atoms with E-state index in [-0.39, 0.29) is 17.0 Å². The van der Waals surface area contributed by atoms with Gasteiger partial charge in [0.25, 0.3) is 0 Å². The van der Waals surface area contributed by atoms with E-state index < -0.39 is 11.9 Å². The van der Waals surface area contributed by atoms with Gasteiger partial charge in [-0.2, -0.15) is 0 Å². The van der Waals surface area contributed by atoms with E-state index in [2.05, 4.69) is 0 Å². The molecule has 3 rings (SSSR count). The zero-order valence-electron chi connectivity index (χ0n) is 14.3. The predicted octanol–water partition coefficient (Wildman–Crippen LogP) is 3.04. The smallest absolute Gasteiger partial charge is 0.355 e. The van der Waals surface area contributed by atoms with Crippen molar-refractivity contribution in [1.82, 2.24) is 0 Å². The van der Waals surface area contributed by atoms with Gasteiger partial charge in [0.15, 0.2) is 0 Å². The minimum atomic E-state index is -0.728. The Bertz CT molecular complexity index is 971. The number of benzene rings is 2. The average molecular weight is 351 g/mol. The number of ether oxygens (including phenoxy) is 2. The molecule has 1 N–H and O–H groups in total. The number of aromatic hydroxyl groups is 1. The zero-order valence-corrected chi connectivity index (χ0v) is 14.3. The molecule has 1 aliphatic rings. The SMILES string of the molecule is COC(=O)C1=C(C(=O)OC)N(c2c(O)ccc3ccccc23)C=CC=C1. The number of phenolic OH excluding ortho intramolecular Hbond substituents is 1. The number of hydrogen-bond acceptors (Lipinski definition) is 6. The minimum Gasteiger partial charge on any atom is -0.506 e. The molecule has 0 fully saturated rings. The van der Waals surface area contributed by atoms with Crippen molar-refractivity contribution in [3.05, 3.63) is 72.1 Å². The number of allylic oxidation sites excluding steroid dienone is 2. The number of fused-ring (bicyclic) bond motifs is 1. The highest BCUT2D eigenvalue weighted by Gasteiger charge is 2.29. The van der Waals surface area contributed by atoms with Crippen molar-refractivity contribution in [2.75, 3.05) is 19.1 Å². The molecule has 0 spiro atoms. The van der Waals surface area contributed by atoms with Crippen LogP contribution in [0.1, 0.15) is 0 Å². The Hall–Kier alpha value is -3.54. The quantitative estimate of drug-likeness (QED) is 0.857. The highest BCUT2D eigenvalue weighted by Crippen LogP contribution is 2.39. The van der Waals surface area contributed by atoms with Crippen LogP contribution in [0.25, 0.3) is 10.8 Å². The fraction of sp³-hybridized carbons (Fsp3) is 0.100. The van der Waals surface area contributed by atoms with Crippen LogP contribution in [0.4, 0.5) is 5.69 Å². The van der Waals surface area contributed by atoms with E-state index in [1.54, 1.807) is 24.4 Å². The molecule has 1 aliphatic heterocycles. The molecule has 0 aliphatic carbocycles. The van der Waals surface area contributed by atoms with Crippen LogP contribution in [0.2, 0.25) is 0 Å². The summed E-state index contributed by atoms with van der Waals surface area (Å²) in [6.45, 7) is 0. The van der Waals surface area contributed by atoms with Crippen LogP contribution in [0.15, 0.2) is 72.1 Å². The standard InChI is InChI=1S/C20H17NO5/c1-25-19(23)15-9-5-6-12-21(18(15)20(24)26-2)17-14-8-4-3-7-13(14)10-11-16(17)22/h3-12,22H,1-2H3. The number of anilines is 1. The van der Waals surface area contributed by atoms with Crippen LogP contribution in [0.5, 0.6) is 5.75 Å². The first-order valence-electron chi connectivity index (χ1n) is 7.84. The average Bonchev–Trinajstić information content (AvgIpc) is 2.89. The summed E-state index contributed by atoms with van der Waals surface area (Å²) in [5, 5.41) is 12.1. The Morgan fingerprint density at radius 3 is 2.42 bits per heavy atom. The van der Waals surface area contributed by atoms with Crippen molar-refractivity contribution in [3.8, 4) is 5.75 Å². The first-order valence-corrected chi connectivity index (χ1v) is 7.84. The van der Waals surface area contributed by atoms with Gasteiger partial charge in [-0.1, -0.05) is 36.4 Å². The molecule has 1 heterocycles. The van der Waals surface area contributed by atoms with Crippen LogP contribution in [0.3, 0.4) is 0 Å². The molecular weight excluding hydrogens is 334 g/mol. The highest BCUT2D eigenvalue weighted by atomic mass is 16.5. The summed E-state index contributed by atoms with van der Waals surface area (Å²) in [5.41, 5.74) is 0.345. The number of rotatable bonds is 3. The Balaban J connectivity index is 2.34. The Morgan fingerprint density at radius 2 is 1.69 bits per heavy atom. The molecule has 0 atom stereocenters. The second-order valence-electron chi connectivity index (χ2n) is 5.47. The maximum absolute atomic E-state index is 12.5. The summed E-state index contributed by atoms with van der Waals surface area (Å²) < 4.78 is 9.68. The molecule has 0 saturated heterocycles. The van der Waals surface area contributed by atoms with Crippen LogP contribution in [0, 0.1) is 0 Å². The second kappa shape index (κ2) is 7.14. The molecule has 0 radical (unpaired) electrons. The summed E-state index contributed by atoms with van der Waals surface area (Å²) in [4.78, 5) is 26.2. The maximum Gasteiger partial charge on any atom is 0.355 e. The predicted molar refractivity (Wildman–Crippen MR) is 97.4 cm³/mol. The van der Waals surface area contributed by atoms with Gasteiger partial charge in [-0.25, -0.2) is 9.59 Å². The van der Waals surface area contributed by atoms with Crippen molar-refractivity contribution in [2.45, 2.75) is 0 Å². The number of phenols is 1. The van der Waals surface area contributed by atoms with Gasteiger partial charge in [0.2, 0.25) is 0 Å². The van der Waals surface area contributed by atoms with E-state index in [9.17, 15) is 14.7 Å². The summed E-state index contributed by atoms with van der Waals surface area (Å²) >= 11 is 0. The van der Waals surface area contributed by atoms with Gasteiger partial charge in [0.1, 0.15) is 11.4 Å². The van der Waals surface area contributed by atoms with E-state index >= 15 is 0 Å². The van der Waals surface area contributed by atoms with E-state index in [0.717, 1.165) is 5.39 Å². The van der Waals surface area contributed by atoms with E-state index in [1.807, 2.05) is 24.3 Å². The van der Waals surface area contributed by atoms with Gasteiger partial charge in [-0.05, 0) is 23.6 Å². The molecule has 0 bridgehead atoms. The summed E-state index contributed by atoms with van der Waals surface area (Å²) in [5.74, 6) is -1.45. The third kappa shape index (κ3) is 2.93.